The summed E-state index contributed by atoms with van der Waals surface area (Å²) < 4.78 is 33.9. The largest absolute Gasteiger partial charge is 0.481 e. The Kier molecular flexibility index (Phi) is 4.65. The zero-order valence-electron chi connectivity index (χ0n) is 8.87. The molecule has 8 heteroatoms. The van der Waals surface area contributed by atoms with Gasteiger partial charge in [0, 0.05) is 0 Å². The Balaban J connectivity index is 4.53. The van der Waals surface area contributed by atoms with Crippen molar-refractivity contribution in [3.05, 3.63) is 0 Å². The minimum absolute atomic E-state index is 0.159. The fraction of sp³-hybridized carbons (Fsp3) is 0.857. The minimum atomic E-state index is -4.61. The lowest BCUT2D eigenvalue weighted by Crippen LogP contribution is -2.43. The van der Waals surface area contributed by atoms with Gasteiger partial charge in [-0.05, 0) is 0 Å². The fourth-order valence-corrected chi connectivity index (χ4v) is 1.58. The summed E-state index contributed by atoms with van der Waals surface area (Å²) in [6.07, 6.45) is -1.55. The maximum Gasteiger partial charge on any atom is 0.397 e. The number of carboxylic acid groups (broad SMARTS) is 1. The van der Waals surface area contributed by atoms with E-state index in [0.29, 0.717) is 4.48 Å². The van der Waals surface area contributed by atoms with Crippen molar-refractivity contribution in [2.24, 2.45) is 0 Å². The standard InChI is InChI=1S/C7H15NO6S/c1-8(2,3)5-6(4-7(9)10)14-15(11,12)13/h6H,4-5H2,1-3H3,(H-,9,10,11,12,13)/p+1/t6-/m0/s1. The topological polar surface area (TPSA) is 101 Å². The van der Waals surface area contributed by atoms with Crippen LogP contribution in [0.2, 0.25) is 0 Å². The molecule has 0 amide bonds. The van der Waals surface area contributed by atoms with Crippen molar-refractivity contribution in [2.75, 3.05) is 27.7 Å². The Morgan fingerprint density at radius 1 is 1.40 bits per heavy atom. The number of nitrogens with zero attached hydrogens (tertiary/aromatic N) is 1. The predicted molar refractivity (Wildman–Crippen MR) is 51.6 cm³/mol. The summed E-state index contributed by atoms with van der Waals surface area (Å²) in [5, 5.41) is 8.51. The van der Waals surface area contributed by atoms with Crippen LogP contribution in [-0.2, 0) is 19.4 Å². The lowest BCUT2D eigenvalue weighted by atomic mass is 10.2. The molecule has 90 valence electrons. The SMILES string of the molecule is C[N+](C)(C)C[C@H](CC(=O)O)OS(=O)(=O)O. The summed E-state index contributed by atoms with van der Waals surface area (Å²) in [5.41, 5.74) is 0. The van der Waals surface area contributed by atoms with Crippen molar-refractivity contribution < 1.29 is 31.5 Å². The molecule has 7 nitrogen and oxygen atoms in total. The second kappa shape index (κ2) is 4.88. The van der Waals surface area contributed by atoms with E-state index in [4.69, 9.17) is 9.66 Å². The van der Waals surface area contributed by atoms with E-state index in [0.717, 1.165) is 0 Å². The van der Waals surface area contributed by atoms with Gasteiger partial charge in [-0.15, -0.1) is 0 Å². The Bertz CT molecular complexity index is 317. The molecule has 0 aliphatic rings. The minimum Gasteiger partial charge on any atom is -0.481 e. The average molecular weight is 242 g/mol. The molecule has 0 saturated heterocycles. The highest BCUT2D eigenvalue weighted by Crippen LogP contribution is 2.07. The quantitative estimate of drug-likeness (QED) is 0.474. The molecule has 15 heavy (non-hydrogen) atoms. The first kappa shape index (κ1) is 14.3. The van der Waals surface area contributed by atoms with Gasteiger partial charge >= 0.3 is 16.4 Å². The van der Waals surface area contributed by atoms with Crippen molar-refractivity contribution in [1.82, 2.24) is 0 Å². The Labute approximate surface area is 88.8 Å². The van der Waals surface area contributed by atoms with E-state index in [1.165, 1.54) is 0 Å². The van der Waals surface area contributed by atoms with Crippen LogP contribution in [0.15, 0.2) is 0 Å². The molecule has 0 spiro atoms. The summed E-state index contributed by atoms with van der Waals surface area (Å²) in [6.45, 7) is 0.159. The van der Waals surface area contributed by atoms with Gasteiger partial charge in [0.25, 0.3) is 0 Å². The van der Waals surface area contributed by atoms with E-state index in [2.05, 4.69) is 4.18 Å². The lowest BCUT2D eigenvalue weighted by Gasteiger charge is -2.27. The predicted octanol–water partition coefficient (Wildman–Crippen LogP) is -0.645. The molecule has 0 aromatic heterocycles. The third-order valence-corrected chi connectivity index (χ3v) is 1.93. The summed E-state index contributed by atoms with van der Waals surface area (Å²) in [4.78, 5) is 10.4. The van der Waals surface area contributed by atoms with Gasteiger partial charge in [-0.1, -0.05) is 0 Å². The highest BCUT2D eigenvalue weighted by molar-refractivity contribution is 7.80. The van der Waals surface area contributed by atoms with Gasteiger partial charge in [0.2, 0.25) is 0 Å². The van der Waals surface area contributed by atoms with E-state index in [-0.39, 0.29) is 6.54 Å². The highest BCUT2D eigenvalue weighted by Gasteiger charge is 2.26. The zero-order valence-corrected chi connectivity index (χ0v) is 9.69. The fourth-order valence-electron chi connectivity index (χ4n) is 1.11. The molecular weight excluding hydrogens is 226 g/mol. The zero-order chi connectivity index (χ0) is 12.3. The number of rotatable bonds is 6. The van der Waals surface area contributed by atoms with Gasteiger partial charge < -0.3 is 9.59 Å². The third kappa shape index (κ3) is 9.60. The van der Waals surface area contributed by atoms with E-state index in [1.807, 2.05) is 0 Å². The van der Waals surface area contributed by atoms with Crippen molar-refractivity contribution in [1.29, 1.82) is 0 Å². The molecule has 0 rings (SSSR count). The Morgan fingerprint density at radius 3 is 2.13 bits per heavy atom. The number of hydrogen-bond donors (Lipinski definition) is 2. The van der Waals surface area contributed by atoms with Gasteiger partial charge in [-0.3, -0.25) is 9.35 Å². The molecule has 0 saturated carbocycles. The van der Waals surface area contributed by atoms with Crippen LogP contribution in [-0.4, -0.2) is 62.3 Å². The number of carbonyl (C=O) groups is 1. The first-order chi connectivity index (χ1) is 6.49. The monoisotopic (exact) mass is 242 g/mol. The van der Waals surface area contributed by atoms with E-state index < -0.39 is 28.9 Å². The van der Waals surface area contributed by atoms with E-state index in [9.17, 15) is 13.2 Å². The normalized spacial score (nSPS) is 14.9. The molecule has 0 aliphatic heterocycles. The van der Waals surface area contributed by atoms with Crippen molar-refractivity contribution >= 4 is 16.4 Å². The molecular formula is C7H16NO6S+. The van der Waals surface area contributed by atoms with Crippen LogP contribution >= 0.6 is 0 Å². The van der Waals surface area contributed by atoms with Gasteiger partial charge in [0.1, 0.15) is 12.6 Å². The third-order valence-electron chi connectivity index (χ3n) is 1.41. The number of likely N-dealkylation sites (N-methyl/N-ethyl adjacent to an activating group) is 1. The van der Waals surface area contributed by atoms with Gasteiger partial charge in [-0.2, -0.15) is 8.42 Å². The van der Waals surface area contributed by atoms with Crippen LogP contribution < -0.4 is 0 Å². The van der Waals surface area contributed by atoms with Crippen molar-refractivity contribution in [2.45, 2.75) is 12.5 Å². The molecule has 0 aromatic carbocycles. The van der Waals surface area contributed by atoms with Gasteiger partial charge in [-0.25, -0.2) is 4.18 Å². The first-order valence-electron chi connectivity index (χ1n) is 4.17. The number of quaternary nitrogens is 1. The molecule has 0 aromatic rings. The Hall–Kier alpha value is -0.700. The number of aliphatic carboxylic acids is 1. The summed E-state index contributed by atoms with van der Waals surface area (Å²) in [6, 6.07) is 0. The van der Waals surface area contributed by atoms with Gasteiger partial charge in [0.05, 0.1) is 27.6 Å². The van der Waals surface area contributed by atoms with Crippen LogP contribution in [0.25, 0.3) is 0 Å². The molecule has 0 bridgehead atoms. The smallest absolute Gasteiger partial charge is 0.397 e. The lowest BCUT2D eigenvalue weighted by molar-refractivity contribution is -0.873. The van der Waals surface area contributed by atoms with Crippen molar-refractivity contribution in [3.8, 4) is 0 Å². The number of hydrogen-bond acceptors (Lipinski definition) is 4. The van der Waals surface area contributed by atoms with E-state index in [1.54, 1.807) is 21.1 Å². The van der Waals surface area contributed by atoms with Crippen LogP contribution in [0.4, 0.5) is 0 Å². The van der Waals surface area contributed by atoms with Crippen LogP contribution in [0, 0.1) is 0 Å². The maximum atomic E-state index is 10.4. The maximum absolute atomic E-state index is 10.4. The molecule has 0 unspecified atom stereocenters. The first-order valence-corrected chi connectivity index (χ1v) is 5.54. The molecule has 0 radical (unpaired) electrons. The number of carboxylic acids is 1. The molecule has 0 aliphatic carbocycles. The molecule has 0 heterocycles. The molecule has 2 N–H and O–H groups in total. The molecule has 1 atom stereocenters. The van der Waals surface area contributed by atoms with Crippen LogP contribution in [0.1, 0.15) is 6.42 Å². The second-order valence-electron chi connectivity index (χ2n) is 4.22. The van der Waals surface area contributed by atoms with E-state index >= 15 is 0 Å². The summed E-state index contributed by atoms with van der Waals surface area (Å²) in [5.74, 6) is -1.18. The van der Waals surface area contributed by atoms with Crippen molar-refractivity contribution in [3.63, 3.8) is 0 Å². The van der Waals surface area contributed by atoms with Crippen LogP contribution in [0.3, 0.4) is 0 Å². The Morgan fingerprint density at radius 2 is 1.87 bits per heavy atom. The highest BCUT2D eigenvalue weighted by atomic mass is 32.3. The van der Waals surface area contributed by atoms with Gasteiger partial charge in [0.15, 0.2) is 0 Å². The summed E-state index contributed by atoms with van der Waals surface area (Å²) >= 11 is 0. The van der Waals surface area contributed by atoms with Crippen LogP contribution in [0.5, 0.6) is 0 Å². The summed E-state index contributed by atoms with van der Waals surface area (Å²) in [7, 11) is 0.642. The molecule has 0 fully saturated rings. The second-order valence-corrected chi connectivity index (χ2v) is 5.26. The average Bonchev–Trinajstić information content (AvgIpc) is 1.73.